The quantitative estimate of drug-likeness (QED) is 0.599. The lowest BCUT2D eigenvalue weighted by Gasteiger charge is -2.33. The molecule has 0 aromatic heterocycles. The fourth-order valence-electron chi connectivity index (χ4n) is 2.28. The maximum atomic E-state index is 6.30. The SMILES string of the molecule is CC1CCN(CCCOc2ccccc2)CC1Cl. The van der Waals surface area contributed by atoms with Gasteiger partial charge < -0.3 is 9.64 Å². The second-order valence-corrected chi connectivity index (χ2v) is 5.66. The van der Waals surface area contributed by atoms with Gasteiger partial charge in [0.05, 0.1) is 6.61 Å². The summed E-state index contributed by atoms with van der Waals surface area (Å²) in [6.07, 6.45) is 2.28. The van der Waals surface area contributed by atoms with Crippen LogP contribution in [0.3, 0.4) is 0 Å². The van der Waals surface area contributed by atoms with Gasteiger partial charge in [-0.05, 0) is 37.4 Å². The van der Waals surface area contributed by atoms with Crippen molar-refractivity contribution in [3.8, 4) is 5.75 Å². The molecular formula is C15H22ClNO. The Labute approximate surface area is 115 Å². The van der Waals surface area contributed by atoms with Crippen molar-refractivity contribution in [1.82, 2.24) is 4.90 Å². The first-order chi connectivity index (χ1) is 8.75. The molecule has 1 aliphatic rings. The molecule has 1 aliphatic heterocycles. The van der Waals surface area contributed by atoms with E-state index in [0.29, 0.717) is 11.3 Å². The van der Waals surface area contributed by atoms with Crippen LogP contribution in [-0.2, 0) is 0 Å². The van der Waals surface area contributed by atoms with E-state index in [0.717, 1.165) is 31.9 Å². The van der Waals surface area contributed by atoms with E-state index < -0.39 is 0 Å². The second-order valence-electron chi connectivity index (χ2n) is 5.10. The second kappa shape index (κ2) is 7.01. The lowest BCUT2D eigenvalue weighted by Crippen LogP contribution is -2.41. The zero-order valence-corrected chi connectivity index (χ0v) is 11.8. The number of benzene rings is 1. The number of hydrogen-bond donors (Lipinski definition) is 0. The van der Waals surface area contributed by atoms with Crippen molar-refractivity contribution < 1.29 is 4.74 Å². The first-order valence-electron chi connectivity index (χ1n) is 6.80. The van der Waals surface area contributed by atoms with E-state index in [2.05, 4.69) is 11.8 Å². The first kappa shape index (κ1) is 13.7. The predicted octanol–water partition coefficient (Wildman–Crippen LogP) is 3.40. The number of nitrogens with zero attached hydrogens (tertiary/aromatic N) is 1. The number of halogens is 1. The zero-order chi connectivity index (χ0) is 12.8. The van der Waals surface area contributed by atoms with Gasteiger partial charge in [-0.3, -0.25) is 0 Å². The van der Waals surface area contributed by atoms with Gasteiger partial charge >= 0.3 is 0 Å². The molecule has 18 heavy (non-hydrogen) atoms. The van der Waals surface area contributed by atoms with E-state index in [1.54, 1.807) is 0 Å². The molecule has 2 atom stereocenters. The molecule has 100 valence electrons. The van der Waals surface area contributed by atoms with Crippen molar-refractivity contribution in [2.24, 2.45) is 5.92 Å². The lowest BCUT2D eigenvalue weighted by molar-refractivity contribution is 0.181. The summed E-state index contributed by atoms with van der Waals surface area (Å²) in [7, 11) is 0. The van der Waals surface area contributed by atoms with Crippen LogP contribution >= 0.6 is 11.6 Å². The van der Waals surface area contributed by atoms with Crippen LogP contribution in [-0.4, -0.2) is 36.5 Å². The van der Waals surface area contributed by atoms with Crippen molar-refractivity contribution in [2.75, 3.05) is 26.2 Å². The molecule has 0 amide bonds. The molecule has 2 rings (SSSR count). The molecule has 1 aromatic carbocycles. The zero-order valence-electron chi connectivity index (χ0n) is 11.0. The maximum absolute atomic E-state index is 6.30. The van der Waals surface area contributed by atoms with Gasteiger partial charge in [-0.25, -0.2) is 0 Å². The average Bonchev–Trinajstić information content (AvgIpc) is 2.40. The minimum atomic E-state index is 0.314. The van der Waals surface area contributed by atoms with E-state index in [-0.39, 0.29) is 0 Å². The molecule has 1 saturated heterocycles. The van der Waals surface area contributed by atoms with E-state index in [4.69, 9.17) is 16.3 Å². The highest BCUT2D eigenvalue weighted by molar-refractivity contribution is 6.21. The van der Waals surface area contributed by atoms with Crippen LogP contribution < -0.4 is 4.74 Å². The Balaban J connectivity index is 1.61. The number of piperidine rings is 1. The summed E-state index contributed by atoms with van der Waals surface area (Å²) in [5.74, 6) is 1.61. The Morgan fingerprint density at radius 3 is 2.83 bits per heavy atom. The number of ether oxygens (including phenoxy) is 1. The third kappa shape index (κ3) is 4.18. The summed E-state index contributed by atoms with van der Waals surface area (Å²) in [6, 6.07) is 10.00. The minimum absolute atomic E-state index is 0.314. The van der Waals surface area contributed by atoms with Gasteiger partial charge in [-0.2, -0.15) is 0 Å². The molecule has 2 unspecified atom stereocenters. The minimum Gasteiger partial charge on any atom is -0.494 e. The van der Waals surface area contributed by atoms with Gasteiger partial charge in [0.15, 0.2) is 0 Å². The van der Waals surface area contributed by atoms with Crippen LogP contribution in [0, 0.1) is 5.92 Å². The molecule has 1 aromatic rings. The molecule has 0 spiro atoms. The van der Waals surface area contributed by atoms with Crippen LogP contribution in [0.5, 0.6) is 5.75 Å². The van der Waals surface area contributed by atoms with Gasteiger partial charge in [-0.1, -0.05) is 25.1 Å². The Kier molecular flexibility index (Phi) is 5.33. The average molecular weight is 268 g/mol. The molecule has 0 saturated carbocycles. The van der Waals surface area contributed by atoms with Crippen molar-refractivity contribution in [1.29, 1.82) is 0 Å². The smallest absolute Gasteiger partial charge is 0.119 e. The Hall–Kier alpha value is -0.730. The number of para-hydroxylation sites is 1. The Morgan fingerprint density at radius 2 is 2.11 bits per heavy atom. The van der Waals surface area contributed by atoms with Crippen LogP contribution in [0.1, 0.15) is 19.8 Å². The topological polar surface area (TPSA) is 12.5 Å². The third-order valence-electron chi connectivity index (χ3n) is 3.58. The first-order valence-corrected chi connectivity index (χ1v) is 7.23. The Bertz CT molecular complexity index is 344. The molecule has 1 fully saturated rings. The third-order valence-corrected chi connectivity index (χ3v) is 4.15. The molecule has 0 radical (unpaired) electrons. The highest BCUT2D eigenvalue weighted by atomic mass is 35.5. The van der Waals surface area contributed by atoms with Gasteiger partial charge in [0.2, 0.25) is 0 Å². The monoisotopic (exact) mass is 267 g/mol. The highest BCUT2D eigenvalue weighted by Crippen LogP contribution is 2.21. The number of alkyl halides is 1. The van der Waals surface area contributed by atoms with Crippen LogP contribution in [0.2, 0.25) is 0 Å². The van der Waals surface area contributed by atoms with Gasteiger partial charge in [-0.15, -0.1) is 11.6 Å². The summed E-state index contributed by atoms with van der Waals surface area (Å²) in [4.78, 5) is 2.45. The van der Waals surface area contributed by atoms with Crippen molar-refractivity contribution in [2.45, 2.75) is 25.1 Å². The number of rotatable bonds is 5. The van der Waals surface area contributed by atoms with Gasteiger partial charge in [0, 0.05) is 18.5 Å². The fraction of sp³-hybridized carbons (Fsp3) is 0.600. The summed E-state index contributed by atoms with van der Waals surface area (Å²) in [5.41, 5.74) is 0. The number of hydrogen-bond acceptors (Lipinski definition) is 2. The van der Waals surface area contributed by atoms with Crippen LogP contribution in [0.25, 0.3) is 0 Å². The summed E-state index contributed by atoms with van der Waals surface area (Å²) < 4.78 is 5.69. The molecule has 0 aliphatic carbocycles. The van der Waals surface area contributed by atoms with E-state index >= 15 is 0 Å². The highest BCUT2D eigenvalue weighted by Gasteiger charge is 2.23. The van der Waals surface area contributed by atoms with Gasteiger partial charge in [0.1, 0.15) is 5.75 Å². The fourth-order valence-corrected chi connectivity index (χ4v) is 2.60. The molecular weight excluding hydrogens is 246 g/mol. The Morgan fingerprint density at radius 1 is 1.33 bits per heavy atom. The largest absolute Gasteiger partial charge is 0.494 e. The normalized spacial score (nSPS) is 25.0. The van der Waals surface area contributed by atoms with E-state index in [1.165, 1.54) is 13.0 Å². The molecule has 2 nitrogen and oxygen atoms in total. The van der Waals surface area contributed by atoms with Crippen LogP contribution in [0.4, 0.5) is 0 Å². The molecule has 0 N–H and O–H groups in total. The summed E-state index contributed by atoms with van der Waals surface area (Å²) in [6.45, 7) is 6.31. The van der Waals surface area contributed by atoms with Gasteiger partial charge in [0.25, 0.3) is 0 Å². The predicted molar refractivity (Wildman–Crippen MR) is 76.4 cm³/mol. The standard InChI is InChI=1S/C15H22ClNO/c1-13-8-10-17(12-15(13)16)9-5-11-18-14-6-3-2-4-7-14/h2-4,6-7,13,15H,5,8-12H2,1H3. The molecule has 3 heteroatoms. The lowest BCUT2D eigenvalue weighted by atomic mass is 9.98. The van der Waals surface area contributed by atoms with Crippen LogP contribution in [0.15, 0.2) is 30.3 Å². The molecule has 1 heterocycles. The van der Waals surface area contributed by atoms with E-state index in [1.807, 2.05) is 30.3 Å². The summed E-state index contributed by atoms with van der Waals surface area (Å²) >= 11 is 6.30. The van der Waals surface area contributed by atoms with Crippen molar-refractivity contribution in [3.63, 3.8) is 0 Å². The maximum Gasteiger partial charge on any atom is 0.119 e. The molecule has 0 bridgehead atoms. The van der Waals surface area contributed by atoms with E-state index in [9.17, 15) is 0 Å². The van der Waals surface area contributed by atoms with Crippen molar-refractivity contribution >= 4 is 11.6 Å². The summed E-state index contributed by atoms with van der Waals surface area (Å²) in [5, 5.41) is 0.314. The van der Waals surface area contributed by atoms with Crippen molar-refractivity contribution in [3.05, 3.63) is 30.3 Å². The number of likely N-dealkylation sites (tertiary alicyclic amines) is 1.